The molecule has 0 saturated carbocycles. The minimum absolute atomic E-state index is 0.0407. The summed E-state index contributed by atoms with van der Waals surface area (Å²) in [5, 5.41) is 12.2. The van der Waals surface area contributed by atoms with Crippen molar-refractivity contribution in [2.24, 2.45) is 5.73 Å². The summed E-state index contributed by atoms with van der Waals surface area (Å²) in [7, 11) is 0. The number of benzene rings is 1. The topological polar surface area (TPSA) is 59.1 Å². The first-order valence-corrected chi connectivity index (χ1v) is 5.55. The van der Waals surface area contributed by atoms with Crippen molar-refractivity contribution < 1.29 is 5.11 Å². The number of hydrogen-bond acceptors (Lipinski definition) is 4. The molecular weight excluding hydrogens is 208 g/mol. The van der Waals surface area contributed by atoms with Gasteiger partial charge in [-0.05, 0) is 19.1 Å². The van der Waals surface area contributed by atoms with Gasteiger partial charge in [-0.1, -0.05) is 12.1 Å². The second-order valence-electron chi connectivity index (χ2n) is 3.41. The zero-order valence-corrected chi connectivity index (χ0v) is 9.16. The maximum absolute atomic E-state index is 9.34. The van der Waals surface area contributed by atoms with Gasteiger partial charge in [0, 0.05) is 10.9 Å². The fourth-order valence-corrected chi connectivity index (χ4v) is 2.08. The van der Waals surface area contributed by atoms with Gasteiger partial charge in [0.05, 0.1) is 11.7 Å². The van der Waals surface area contributed by atoms with Crippen molar-refractivity contribution in [3.8, 4) is 17.0 Å². The Hall–Kier alpha value is -1.39. The molecule has 2 aromatic rings. The van der Waals surface area contributed by atoms with Gasteiger partial charge >= 0.3 is 0 Å². The Morgan fingerprint density at radius 1 is 1.47 bits per heavy atom. The van der Waals surface area contributed by atoms with Crippen LogP contribution in [0.4, 0.5) is 0 Å². The van der Waals surface area contributed by atoms with Crippen molar-refractivity contribution in [2.45, 2.75) is 13.0 Å². The predicted octanol–water partition coefficient (Wildman–Crippen LogP) is 2.54. The average molecular weight is 220 g/mol. The lowest BCUT2D eigenvalue weighted by Crippen LogP contribution is -2.03. The lowest BCUT2D eigenvalue weighted by molar-refractivity contribution is 0.475. The van der Waals surface area contributed by atoms with Crippen molar-refractivity contribution in [3.63, 3.8) is 0 Å². The number of aromatic hydroxyl groups is 1. The molecule has 0 saturated heterocycles. The monoisotopic (exact) mass is 220 g/mol. The zero-order valence-electron chi connectivity index (χ0n) is 8.34. The smallest absolute Gasteiger partial charge is 0.116 e. The van der Waals surface area contributed by atoms with E-state index in [1.807, 2.05) is 18.4 Å². The minimum atomic E-state index is -0.0407. The van der Waals surface area contributed by atoms with E-state index >= 15 is 0 Å². The fraction of sp³-hybridized carbons (Fsp3) is 0.182. The molecular formula is C11H12N2OS. The number of thiazole rings is 1. The lowest BCUT2D eigenvalue weighted by Gasteiger charge is -1.99. The second kappa shape index (κ2) is 4.00. The van der Waals surface area contributed by atoms with Gasteiger partial charge in [-0.2, -0.15) is 0 Å². The number of phenolic OH excluding ortho intramolecular Hbond substituents is 1. The molecule has 1 atom stereocenters. The maximum atomic E-state index is 9.34. The molecule has 4 heteroatoms. The van der Waals surface area contributed by atoms with E-state index in [0.29, 0.717) is 0 Å². The summed E-state index contributed by atoms with van der Waals surface area (Å²) < 4.78 is 0. The molecule has 0 aliphatic rings. The van der Waals surface area contributed by atoms with E-state index < -0.39 is 0 Å². The van der Waals surface area contributed by atoms with Crippen LogP contribution in [0, 0.1) is 0 Å². The molecule has 0 amide bonds. The van der Waals surface area contributed by atoms with Crippen LogP contribution in [0.15, 0.2) is 29.6 Å². The third kappa shape index (κ3) is 2.16. The molecule has 3 nitrogen and oxygen atoms in total. The molecule has 15 heavy (non-hydrogen) atoms. The molecule has 1 unspecified atom stereocenters. The van der Waals surface area contributed by atoms with Gasteiger partial charge in [0.1, 0.15) is 10.8 Å². The number of nitrogens with zero attached hydrogens (tertiary/aromatic N) is 1. The van der Waals surface area contributed by atoms with Gasteiger partial charge in [-0.15, -0.1) is 11.3 Å². The molecule has 0 aliphatic heterocycles. The van der Waals surface area contributed by atoms with Crippen LogP contribution in [0.2, 0.25) is 0 Å². The Morgan fingerprint density at radius 3 is 2.87 bits per heavy atom. The molecule has 0 radical (unpaired) electrons. The number of nitrogens with two attached hydrogens (primary N) is 1. The molecule has 1 aromatic heterocycles. The molecule has 0 aliphatic carbocycles. The van der Waals surface area contributed by atoms with Gasteiger partial charge < -0.3 is 10.8 Å². The van der Waals surface area contributed by atoms with Gasteiger partial charge in [0.15, 0.2) is 0 Å². The summed E-state index contributed by atoms with van der Waals surface area (Å²) in [5.41, 5.74) is 7.51. The Morgan fingerprint density at radius 2 is 2.27 bits per heavy atom. The SMILES string of the molecule is CC(N)c1nc(-c2cccc(O)c2)cs1. The summed E-state index contributed by atoms with van der Waals surface area (Å²) in [6.07, 6.45) is 0. The third-order valence-corrected chi connectivity index (χ3v) is 3.10. The summed E-state index contributed by atoms with van der Waals surface area (Å²) in [5.74, 6) is 0.253. The summed E-state index contributed by atoms with van der Waals surface area (Å²) in [4.78, 5) is 4.40. The average Bonchev–Trinajstić information content (AvgIpc) is 2.66. The van der Waals surface area contributed by atoms with Gasteiger partial charge in [0.2, 0.25) is 0 Å². The summed E-state index contributed by atoms with van der Waals surface area (Å²) in [6, 6.07) is 7.01. The molecule has 2 rings (SSSR count). The highest BCUT2D eigenvalue weighted by Crippen LogP contribution is 2.26. The number of rotatable bonds is 2. The normalized spacial score (nSPS) is 12.7. The largest absolute Gasteiger partial charge is 0.508 e. The molecule has 78 valence electrons. The zero-order chi connectivity index (χ0) is 10.8. The first-order valence-electron chi connectivity index (χ1n) is 4.67. The molecule has 1 heterocycles. The first-order chi connectivity index (χ1) is 7.16. The van der Waals surface area contributed by atoms with E-state index in [0.717, 1.165) is 16.3 Å². The molecule has 3 N–H and O–H groups in total. The standard InChI is InChI=1S/C11H12N2OS/c1-7(12)11-13-10(6-15-11)8-3-2-4-9(14)5-8/h2-7,14H,12H2,1H3. The highest BCUT2D eigenvalue weighted by atomic mass is 32.1. The van der Waals surface area contributed by atoms with Crippen molar-refractivity contribution in [3.05, 3.63) is 34.7 Å². The molecule has 0 fully saturated rings. The molecule has 1 aromatic carbocycles. The van der Waals surface area contributed by atoms with Crippen LogP contribution in [0.3, 0.4) is 0 Å². The highest BCUT2D eigenvalue weighted by molar-refractivity contribution is 7.10. The highest BCUT2D eigenvalue weighted by Gasteiger charge is 2.07. The molecule has 0 spiro atoms. The van der Waals surface area contributed by atoms with Gasteiger partial charge in [0.25, 0.3) is 0 Å². The Kier molecular flexibility index (Phi) is 2.70. The summed E-state index contributed by atoms with van der Waals surface area (Å²) >= 11 is 1.54. The van der Waals surface area contributed by atoms with Crippen LogP contribution in [-0.4, -0.2) is 10.1 Å². The Labute approximate surface area is 92.2 Å². The van der Waals surface area contributed by atoms with E-state index in [4.69, 9.17) is 5.73 Å². The van der Waals surface area contributed by atoms with E-state index in [1.54, 1.807) is 29.5 Å². The Bertz CT molecular complexity index is 465. The van der Waals surface area contributed by atoms with E-state index in [2.05, 4.69) is 4.98 Å². The number of hydrogen-bond donors (Lipinski definition) is 2. The van der Waals surface area contributed by atoms with Gasteiger partial charge in [-0.25, -0.2) is 4.98 Å². The van der Waals surface area contributed by atoms with Crippen LogP contribution in [-0.2, 0) is 0 Å². The molecule has 0 bridgehead atoms. The second-order valence-corrected chi connectivity index (χ2v) is 4.30. The predicted molar refractivity (Wildman–Crippen MR) is 61.8 cm³/mol. The summed E-state index contributed by atoms with van der Waals surface area (Å²) in [6.45, 7) is 1.91. The van der Waals surface area contributed by atoms with Crippen molar-refractivity contribution in [1.29, 1.82) is 0 Å². The van der Waals surface area contributed by atoms with Crippen LogP contribution in [0.25, 0.3) is 11.3 Å². The van der Waals surface area contributed by atoms with E-state index in [-0.39, 0.29) is 11.8 Å². The van der Waals surface area contributed by atoms with Crippen molar-refractivity contribution in [1.82, 2.24) is 4.98 Å². The van der Waals surface area contributed by atoms with Crippen molar-refractivity contribution >= 4 is 11.3 Å². The minimum Gasteiger partial charge on any atom is -0.508 e. The lowest BCUT2D eigenvalue weighted by atomic mass is 10.2. The Balaban J connectivity index is 2.37. The van der Waals surface area contributed by atoms with Crippen LogP contribution < -0.4 is 5.73 Å². The maximum Gasteiger partial charge on any atom is 0.116 e. The fourth-order valence-electron chi connectivity index (χ4n) is 1.29. The third-order valence-electron chi connectivity index (χ3n) is 2.05. The quantitative estimate of drug-likeness (QED) is 0.817. The van der Waals surface area contributed by atoms with E-state index in [1.165, 1.54) is 0 Å². The van der Waals surface area contributed by atoms with Crippen LogP contribution in [0.5, 0.6) is 5.75 Å². The van der Waals surface area contributed by atoms with Gasteiger partial charge in [-0.3, -0.25) is 0 Å². The first kappa shape index (κ1) is 10.1. The van der Waals surface area contributed by atoms with Crippen molar-refractivity contribution in [2.75, 3.05) is 0 Å². The number of aromatic nitrogens is 1. The van der Waals surface area contributed by atoms with E-state index in [9.17, 15) is 5.11 Å². The number of phenols is 1. The van der Waals surface area contributed by atoms with Crippen LogP contribution >= 0.6 is 11.3 Å². The van der Waals surface area contributed by atoms with Crippen LogP contribution in [0.1, 0.15) is 18.0 Å².